The predicted molar refractivity (Wildman–Crippen MR) is 108 cm³/mol. The fraction of sp³-hybridized carbons (Fsp3) is 0.381. The minimum absolute atomic E-state index is 0.0498. The molecule has 3 N–H and O–H groups in total. The van der Waals surface area contributed by atoms with Gasteiger partial charge in [-0.15, -0.1) is 0 Å². The second-order valence-electron chi connectivity index (χ2n) is 7.21. The van der Waals surface area contributed by atoms with E-state index in [1.807, 2.05) is 67.4 Å². The number of piperazine rings is 1. The van der Waals surface area contributed by atoms with Gasteiger partial charge in [-0.05, 0) is 37.6 Å². The van der Waals surface area contributed by atoms with Gasteiger partial charge in [0.25, 0.3) is 11.7 Å². The van der Waals surface area contributed by atoms with Crippen molar-refractivity contribution in [2.75, 3.05) is 31.1 Å². The van der Waals surface area contributed by atoms with Crippen LogP contribution in [0.25, 0.3) is 0 Å². The molecule has 28 heavy (non-hydrogen) atoms. The van der Waals surface area contributed by atoms with E-state index >= 15 is 0 Å². The second kappa shape index (κ2) is 9.21. The van der Waals surface area contributed by atoms with Crippen LogP contribution in [0.1, 0.15) is 29.8 Å². The van der Waals surface area contributed by atoms with E-state index in [0.717, 1.165) is 24.5 Å². The summed E-state index contributed by atoms with van der Waals surface area (Å²) in [6.45, 7) is 7.26. The smallest absolute Gasteiger partial charge is 0.315 e. The SMILES string of the molecule is CC(C)NC(=O)NCc1ccc(C(=O)N2CCN(c3cccc[nH+]3)CC2)cc1. The Balaban J connectivity index is 1.50. The lowest BCUT2D eigenvalue weighted by Crippen LogP contribution is -2.50. The van der Waals surface area contributed by atoms with Crippen LogP contribution in [0.3, 0.4) is 0 Å². The number of nitrogens with zero attached hydrogens (tertiary/aromatic N) is 2. The number of hydrogen-bond acceptors (Lipinski definition) is 3. The highest BCUT2D eigenvalue weighted by atomic mass is 16.2. The first-order chi connectivity index (χ1) is 13.5. The first-order valence-electron chi connectivity index (χ1n) is 9.67. The van der Waals surface area contributed by atoms with Gasteiger partial charge in [-0.25, -0.2) is 9.78 Å². The molecule has 0 spiro atoms. The van der Waals surface area contributed by atoms with E-state index in [0.29, 0.717) is 25.2 Å². The summed E-state index contributed by atoms with van der Waals surface area (Å²) in [5.74, 6) is 1.13. The standard InChI is InChI=1S/C21H27N5O2/c1-16(2)24-21(28)23-15-17-6-8-18(9-7-17)20(27)26-13-11-25(12-14-26)19-5-3-4-10-22-19/h3-10,16H,11-15H2,1-2H3,(H2,23,24,28)/p+1. The van der Waals surface area contributed by atoms with Gasteiger partial charge in [0.15, 0.2) is 0 Å². The number of benzene rings is 1. The molecular formula is C21H28N5O2+. The summed E-state index contributed by atoms with van der Waals surface area (Å²) >= 11 is 0. The normalized spacial score (nSPS) is 14.1. The summed E-state index contributed by atoms with van der Waals surface area (Å²) in [4.78, 5) is 31.8. The average Bonchev–Trinajstić information content (AvgIpc) is 2.72. The van der Waals surface area contributed by atoms with Crippen LogP contribution in [0.15, 0.2) is 48.7 Å². The Morgan fingerprint density at radius 2 is 1.75 bits per heavy atom. The summed E-state index contributed by atoms with van der Waals surface area (Å²) in [6.07, 6.45) is 1.91. The molecule has 2 heterocycles. The molecule has 1 aliphatic rings. The minimum atomic E-state index is -0.191. The number of urea groups is 1. The number of hydrogen-bond donors (Lipinski definition) is 2. The Labute approximate surface area is 165 Å². The monoisotopic (exact) mass is 382 g/mol. The van der Waals surface area contributed by atoms with Crippen molar-refractivity contribution in [3.05, 3.63) is 59.8 Å². The highest BCUT2D eigenvalue weighted by molar-refractivity contribution is 5.94. The Bertz CT molecular complexity index is 784. The highest BCUT2D eigenvalue weighted by Crippen LogP contribution is 2.13. The molecule has 0 saturated carbocycles. The molecule has 2 aromatic rings. The molecule has 1 saturated heterocycles. The highest BCUT2D eigenvalue weighted by Gasteiger charge is 2.26. The second-order valence-corrected chi connectivity index (χ2v) is 7.21. The van der Waals surface area contributed by atoms with E-state index in [9.17, 15) is 9.59 Å². The van der Waals surface area contributed by atoms with E-state index in [1.54, 1.807) is 0 Å². The number of H-pyrrole nitrogens is 1. The number of amides is 3. The number of carbonyl (C=O) groups is 2. The maximum atomic E-state index is 12.8. The summed E-state index contributed by atoms with van der Waals surface area (Å²) < 4.78 is 0. The van der Waals surface area contributed by atoms with E-state index in [2.05, 4.69) is 20.5 Å². The van der Waals surface area contributed by atoms with Crippen molar-refractivity contribution in [2.24, 2.45) is 0 Å². The number of pyridine rings is 1. The number of rotatable bonds is 5. The molecule has 0 radical (unpaired) electrons. The molecule has 148 valence electrons. The van der Waals surface area contributed by atoms with E-state index < -0.39 is 0 Å². The van der Waals surface area contributed by atoms with Crippen molar-refractivity contribution in [3.8, 4) is 0 Å². The van der Waals surface area contributed by atoms with Crippen LogP contribution in [-0.2, 0) is 6.54 Å². The van der Waals surface area contributed by atoms with Crippen LogP contribution < -0.4 is 20.5 Å². The quantitative estimate of drug-likeness (QED) is 0.826. The third-order valence-corrected chi connectivity index (χ3v) is 4.67. The molecule has 3 amide bonds. The van der Waals surface area contributed by atoms with E-state index in [-0.39, 0.29) is 18.0 Å². The molecule has 0 bridgehead atoms. The van der Waals surface area contributed by atoms with Crippen LogP contribution in [0.4, 0.5) is 10.6 Å². The molecule has 7 nitrogen and oxygen atoms in total. The Kier molecular flexibility index (Phi) is 6.47. The molecule has 1 fully saturated rings. The van der Waals surface area contributed by atoms with Gasteiger partial charge in [-0.1, -0.05) is 18.2 Å². The van der Waals surface area contributed by atoms with Crippen molar-refractivity contribution < 1.29 is 14.6 Å². The summed E-state index contributed by atoms with van der Waals surface area (Å²) in [5, 5.41) is 5.59. The zero-order valence-corrected chi connectivity index (χ0v) is 16.4. The fourth-order valence-electron chi connectivity index (χ4n) is 3.17. The molecule has 1 aliphatic heterocycles. The first kappa shape index (κ1) is 19.7. The molecule has 0 unspecified atom stereocenters. The molecule has 3 rings (SSSR count). The number of aromatic nitrogens is 1. The van der Waals surface area contributed by atoms with Gasteiger partial charge < -0.3 is 15.5 Å². The van der Waals surface area contributed by atoms with Gasteiger partial charge in [0.05, 0.1) is 19.3 Å². The zero-order valence-electron chi connectivity index (χ0n) is 16.4. The van der Waals surface area contributed by atoms with Crippen LogP contribution in [0, 0.1) is 0 Å². The van der Waals surface area contributed by atoms with Gasteiger partial charge in [0.1, 0.15) is 13.1 Å². The predicted octanol–water partition coefficient (Wildman–Crippen LogP) is 1.67. The largest absolute Gasteiger partial charge is 0.336 e. The molecule has 1 aromatic carbocycles. The molecule has 0 atom stereocenters. The third kappa shape index (κ3) is 5.22. The summed E-state index contributed by atoms with van der Waals surface area (Å²) in [5.41, 5.74) is 1.63. The topological polar surface area (TPSA) is 78.8 Å². The van der Waals surface area contributed by atoms with Crippen molar-refractivity contribution in [3.63, 3.8) is 0 Å². The van der Waals surface area contributed by atoms with Gasteiger partial charge in [0, 0.05) is 24.2 Å². The maximum Gasteiger partial charge on any atom is 0.315 e. The Morgan fingerprint density at radius 1 is 1.04 bits per heavy atom. The molecular weight excluding hydrogens is 354 g/mol. The number of aromatic amines is 1. The van der Waals surface area contributed by atoms with E-state index in [4.69, 9.17) is 0 Å². The van der Waals surface area contributed by atoms with Crippen LogP contribution in [0.2, 0.25) is 0 Å². The zero-order chi connectivity index (χ0) is 19.9. The minimum Gasteiger partial charge on any atom is -0.336 e. The van der Waals surface area contributed by atoms with Gasteiger partial charge >= 0.3 is 6.03 Å². The maximum absolute atomic E-state index is 12.8. The Hall–Kier alpha value is -3.09. The Morgan fingerprint density at radius 3 is 2.36 bits per heavy atom. The lowest BCUT2D eigenvalue weighted by Gasteiger charge is -2.31. The van der Waals surface area contributed by atoms with Gasteiger partial charge in [0.2, 0.25) is 0 Å². The van der Waals surface area contributed by atoms with Gasteiger partial charge in [-0.2, -0.15) is 0 Å². The number of nitrogens with one attached hydrogen (secondary N) is 3. The molecule has 1 aromatic heterocycles. The van der Waals surface area contributed by atoms with Crippen molar-refractivity contribution in [1.29, 1.82) is 0 Å². The van der Waals surface area contributed by atoms with Gasteiger partial charge in [-0.3, -0.25) is 9.69 Å². The van der Waals surface area contributed by atoms with Crippen molar-refractivity contribution in [1.82, 2.24) is 15.5 Å². The first-order valence-corrected chi connectivity index (χ1v) is 9.67. The number of anilines is 1. The van der Waals surface area contributed by atoms with Crippen molar-refractivity contribution in [2.45, 2.75) is 26.4 Å². The van der Waals surface area contributed by atoms with Crippen LogP contribution >= 0.6 is 0 Å². The third-order valence-electron chi connectivity index (χ3n) is 4.67. The fourth-order valence-corrected chi connectivity index (χ4v) is 3.17. The lowest BCUT2D eigenvalue weighted by molar-refractivity contribution is -0.364. The average molecular weight is 382 g/mol. The summed E-state index contributed by atoms with van der Waals surface area (Å²) in [7, 11) is 0. The van der Waals surface area contributed by atoms with Crippen molar-refractivity contribution >= 4 is 17.8 Å². The molecule has 7 heteroatoms. The lowest BCUT2D eigenvalue weighted by atomic mass is 10.1. The molecule has 0 aliphatic carbocycles. The number of carbonyl (C=O) groups excluding carboxylic acids is 2. The summed E-state index contributed by atoms with van der Waals surface area (Å²) in [6, 6.07) is 13.4. The van der Waals surface area contributed by atoms with Crippen LogP contribution in [-0.4, -0.2) is 49.1 Å². The van der Waals surface area contributed by atoms with E-state index in [1.165, 1.54) is 0 Å². The van der Waals surface area contributed by atoms with Crippen LogP contribution in [0.5, 0.6) is 0 Å².